The van der Waals surface area contributed by atoms with Gasteiger partial charge in [0, 0.05) is 19.7 Å². The third-order valence-electron chi connectivity index (χ3n) is 5.53. The van der Waals surface area contributed by atoms with E-state index in [-0.39, 0.29) is 17.9 Å². The number of hydrogen-bond donors (Lipinski definition) is 1. The lowest BCUT2D eigenvalue weighted by Crippen LogP contribution is -2.50. The van der Waals surface area contributed by atoms with Gasteiger partial charge < -0.3 is 10.0 Å². The quantitative estimate of drug-likeness (QED) is 0.862. The number of hydrogen-bond acceptors (Lipinski definition) is 3. The number of piperidine rings is 1. The van der Waals surface area contributed by atoms with Crippen LogP contribution in [0.4, 0.5) is 0 Å². The van der Waals surface area contributed by atoms with Crippen molar-refractivity contribution in [1.29, 1.82) is 5.26 Å². The summed E-state index contributed by atoms with van der Waals surface area (Å²) in [5.41, 5.74) is -0.771. The zero-order valence-electron chi connectivity index (χ0n) is 12.5. The zero-order valence-corrected chi connectivity index (χ0v) is 12.5. The Labute approximate surface area is 121 Å². The van der Waals surface area contributed by atoms with Crippen LogP contribution in [0.25, 0.3) is 0 Å². The number of aliphatic hydroxyl groups excluding tert-OH is 1. The summed E-state index contributed by atoms with van der Waals surface area (Å²) in [7, 11) is 0. The zero-order chi connectivity index (χ0) is 14.6. The molecular formula is C16H26N2O2. The summed E-state index contributed by atoms with van der Waals surface area (Å²) in [5.74, 6) is 0.0438. The van der Waals surface area contributed by atoms with E-state index in [9.17, 15) is 15.2 Å². The van der Waals surface area contributed by atoms with Gasteiger partial charge in [-0.15, -0.1) is 0 Å². The predicted molar refractivity (Wildman–Crippen MR) is 76.8 cm³/mol. The molecule has 2 rings (SSSR count). The molecule has 112 valence electrons. The standard InChI is InChI=1S/C16H26N2O2/c1-2-15(13-19)8-10-18(11-9-15)14(20)16(12-17)6-4-3-5-7-16/h19H,2-11,13H2,1H3. The van der Waals surface area contributed by atoms with Gasteiger partial charge in [-0.05, 0) is 37.5 Å². The van der Waals surface area contributed by atoms with E-state index in [1.807, 2.05) is 4.90 Å². The molecule has 0 atom stereocenters. The van der Waals surface area contributed by atoms with Crippen LogP contribution in [0.3, 0.4) is 0 Å². The predicted octanol–water partition coefficient (Wildman–Crippen LogP) is 2.47. The van der Waals surface area contributed by atoms with Gasteiger partial charge in [0.05, 0.1) is 6.07 Å². The molecule has 0 aromatic heterocycles. The van der Waals surface area contributed by atoms with E-state index in [1.54, 1.807) is 0 Å². The monoisotopic (exact) mass is 278 g/mol. The maximum absolute atomic E-state index is 12.7. The average Bonchev–Trinajstić information content (AvgIpc) is 2.55. The van der Waals surface area contributed by atoms with Crippen molar-refractivity contribution >= 4 is 5.91 Å². The lowest BCUT2D eigenvalue weighted by Gasteiger charge is -2.43. The number of likely N-dealkylation sites (tertiary alicyclic amines) is 1. The average molecular weight is 278 g/mol. The second-order valence-electron chi connectivity index (χ2n) is 6.56. The molecule has 0 aromatic rings. The highest BCUT2D eigenvalue weighted by atomic mass is 16.3. The number of carbonyl (C=O) groups excluding carboxylic acids is 1. The maximum atomic E-state index is 12.7. The summed E-state index contributed by atoms with van der Waals surface area (Å²) >= 11 is 0. The molecule has 0 bridgehead atoms. The van der Waals surface area contributed by atoms with Crippen LogP contribution in [-0.4, -0.2) is 35.6 Å². The van der Waals surface area contributed by atoms with Crippen LogP contribution in [-0.2, 0) is 4.79 Å². The molecule has 1 saturated heterocycles. The maximum Gasteiger partial charge on any atom is 0.243 e. The summed E-state index contributed by atoms with van der Waals surface area (Å²) < 4.78 is 0. The van der Waals surface area contributed by atoms with E-state index >= 15 is 0 Å². The van der Waals surface area contributed by atoms with Gasteiger partial charge in [0.15, 0.2) is 0 Å². The molecule has 1 amide bonds. The molecule has 4 heteroatoms. The summed E-state index contributed by atoms with van der Waals surface area (Å²) in [5, 5.41) is 19.1. The van der Waals surface area contributed by atoms with Gasteiger partial charge in [-0.3, -0.25) is 4.79 Å². The van der Waals surface area contributed by atoms with Gasteiger partial charge in [-0.2, -0.15) is 5.26 Å². The van der Waals surface area contributed by atoms with E-state index in [1.165, 1.54) is 0 Å². The minimum atomic E-state index is -0.760. The molecule has 20 heavy (non-hydrogen) atoms. The first-order valence-electron chi connectivity index (χ1n) is 7.93. The Balaban J connectivity index is 2.03. The lowest BCUT2D eigenvalue weighted by molar-refractivity contribution is -0.143. The largest absolute Gasteiger partial charge is 0.396 e. The molecule has 0 unspecified atom stereocenters. The molecule has 1 heterocycles. The Morgan fingerprint density at radius 1 is 1.20 bits per heavy atom. The highest BCUT2D eigenvalue weighted by Crippen LogP contribution is 2.40. The molecule has 1 aliphatic heterocycles. The van der Waals surface area contributed by atoms with E-state index in [0.717, 1.165) is 51.4 Å². The number of nitrogens with zero attached hydrogens (tertiary/aromatic N) is 2. The Hall–Kier alpha value is -1.08. The third-order valence-corrected chi connectivity index (χ3v) is 5.53. The first-order valence-corrected chi connectivity index (χ1v) is 7.93. The highest BCUT2D eigenvalue weighted by Gasteiger charge is 2.44. The fraction of sp³-hybridized carbons (Fsp3) is 0.875. The summed E-state index contributed by atoms with van der Waals surface area (Å²) in [6.45, 7) is 3.69. The number of amides is 1. The Morgan fingerprint density at radius 2 is 1.80 bits per heavy atom. The number of aliphatic hydroxyl groups is 1. The van der Waals surface area contributed by atoms with Crippen molar-refractivity contribution in [2.45, 2.75) is 58.3 Å². The summed E-state index contributed by atoms with van der Waals surface area (Å²) in [6, 6.07) is 2.32. The topological polar surface area (TPSA) is 64.3 Å². The molecule has 0 radical (unpaired) electrons. The van der Waals surface area contributed by atoms with Crippen molar-refractivity contribution in [3.05, 3.63) is 0 Å². The van der Waals surface area contributed by atoms with Crippen LogP contribution in [0.2, 0.25) is 0 Å². The van der Waals surface area contributed by atoms with Crippen molar-refractivity contribution in [1.82, 2.24) is 4.90 Å². The summed E-state index contributed by atoms with van der Waals surface area (Å²) in [4.78, 5) is 14.6. The molecule has 1 N–H and O–H groups in total. The van der Waals surface area contributed by atoms with Crippen molar-refractivity contribution in [3.63, 3.8) is 0 Å². The smallest absolute Gasteiger partial charge is 0.243 e. The van der Waals surface area contributed by atoms with Gasteiger partial charge in [0.1, 0.15) is 5.41 Å². The number of carbonyl (C=O) groups is 1. The first-order chi connectivity index (χ1) is 9.61. The Bertz CT molecular complexity index is 380. The fourth-order valence-electron chi connectivity index (χ4n) is 3.64. The second-order valence-corrected chi connectivity index (χ2v) is 6.56. The van der Waals surface area contributed by atoms with Gasteiger partial charge in [0.2, 0.25) is 5.91 Å². The molecule has 0 aromatic carbocycles. The van der Waals surface area contributed by atoms with Crippen LogP contribution in [0.5, 0.6) is 0 Å². The van der Waals surface area contributed by atoms with E-state index < -0.39 is 5.41 Å². The molecule has 2 aliphatic rings. The molecule has 0 spiro atoms. The minimum absolute atomic E-state index is 0.0108. The van der Waals surface area contributed by atoms with Crippen LogP contribution >= 0.6 is 0 Å². The van der Waals surface area contributed by atoms with E-state index in [2.05, 4.69) is 13.0 Å². The molecular weight excluding hydrogens is 252 g/mol. The van der Waals surface area contributed by atoms with E-state index in [0.29, 0.717) is 13.1 Å². The Morgan fingerprint density at radius 3 is 2.25 bits per heavy atom. The van der Waals surface area contributed by atoms with Crippen LogP contribution < -0.4 is 0 Å². The third kappa shape index (κ3) is 2.69. The van der Waals surface area contributed by atoms with Crippen molar-refractivity contribution in [3.8, 4) is 6.07 Å². The van der Waals surface area contributed by atoms with Crippen molar-refractivity contribution in [2.75, 3.05) is 19.7 Å². The van der Waals surface area contributed by atoms with Crippen LogP contribution in [0.1, 0.15) is 58.3 Å². The SMILES string of the molecule is CCC1(CO)CCN(C(=O)C2(C#N)CCCCC2)CC1. The van der Waals surface area contributed by atoms with Crippen molar-refractivity contribution in [2.24, 2.45) is 10.8 Å². The highest BCUT2D eigenvalue weighted by molar-refractivity contribution is 5.85. The van der Waals surface area contributed by atoms with Gasteiger partial charge >= 0.3 is 0 Å². The minimum Gasteiger partial charge on any atom is -0.396 e. The number of rotatable bonds is 3. The number of nitriles is 1. The van der Waals surface area contributed by atoms with Crippen LogP contribution in [0, 0.1) is 22.2 Å². The second kappa shape index (κ2) is 6.13. The molecule has 2 fully saturated rings. The first kappa shape index (κ1) is 15.3. The van der Waals surface area contributed by atoms with Crippen LogP contribution in [0.15, 0.2) is 0 Å². The van der Waals surface area contributed by atoms with Gasteiger partial charge in [-0.1, -0.05) is 26.2 Å². The molecule has 1 saturated carbocycles. The summed E-state index contributed by atoms with van der Waals surface area (Å²) in [6.07, 6.45) is 7.22. The van der Waals surface area contributed by atoms with E-state index in [4.69, 9.17) is 0 Å². The molecule has 4 nitrogen and oxygen atoms in total. The molecule has 1 aliphatic carbocycles. The van der Waals surface area contributed by atoms with Crippen molar-refractivity contribution < 1.29 is 9.90 Å². The van der Waals surface area contributed by atoms with Gasteiger partial charge in [-0.25, -0.2) is 0 Å². The normalized spacial score (nSPS) is 24.9. The lowest BCUT2D eigenvalue weighted by atomic mass is 9.72. The van der Waals surface area contributed by atoms with Gasteiger partial charge in [0.25, 0.3) is 0 Å². The fourth-order valence-corrected chi connectivity index (χ4v) is 3.64. The Kier molecular flexibility index (Phi) is 4.70.